The van der Waals surface area contributed by atoms with E-state index in [0.29, 0.717) is 18.2 Å². The van der Waals surface area contributed by atoms with Gasteiger partial charge in [0.05, 0.1) is 18.2 Å². The summed E-state index contributed by atoms with van der Waals surface area (Å²) >= 11 is 0. The Hall–Kier alpha value is -0.860. The number of benzene rings is 1. The van der Waals surface area contributed by atoms with E-state index in [-0.39, 0.29) is 0 Å². The van der Waals surface area contributed by atoms with Crippen LogP contribution in [0.3, 0.4) is 0 Å². The first-order valence-electron chi connectivity index (χ1n) is 8.28. The highest BCUT2D eigenvalue weighted by Gasteiger charge is 2.30. The lowest BCUT2D eigenvalue weighted by Crippen LogP contribution is -2.32. The minimum absolute atomic E-state index is 0.344. The molecule has 2 heteroatoms. The summed E-state index contributed by atoms with van der Waals surface area (Å²) in [4.78, 5) is 0. The Morgan fingerprint density at radius 1 is 1.25 bits per heavy atom. The number of hydrogen-bond acceptors (Lipinski definition) is 2. The summed E-state index contributed by atoms with van der Waals surface area (Å²) in [5, 5.41) is 3.71. The Bertz CT molecular complexity index is 457. The topological polar surface area (TPSA) is 21.3 Å². The average molecular weight is 273 g/mol. The summed E-state index contributed by atoms with van der Waals surface area (Å²) in [6, 6.07) is 7.47. The van der Waals surface area contributed by atoms with E-state index in [2.05, 4.69) is 37.4 Å². The molecule has 0 saturated carbocycles. The van der Waals surface area contributed by atoms with Crippen LogP contribution in [0, 0.1) is 0 Å². The van der Waals surface area contributed by atoms with Gasteiger partial charge in [0.25, 0.3) is 0 Å². The molecule has 3 rings (SSSR count). The van der Waals surface area contributed by atoms with Crippen molar-refractivity contribution in [1.82, 2.24) is 5.32 Å². The third-order valence-corrected chi connectivity index (χ3v) is 4.73. The molecule has 1 N–H and O–H groups in total. The lowest BCUT2D eigenvalue weighted by atomic mass is 9.96. The molecule has 3 atom stereocenters. The van der Waals surface area contributed by atoms with Crippen molar-refractivity contribution in [2.45, 2.75) is 70.6 Å². The van der Waals surface area contributed by atoms with Crippen molar-refractivity contribution < 1.29 is 4.74 Å². The van der Waals surface area contributed by atoms with Gasteiger partial charge in [-0.3, -0.25) is 0 Å². The number of fused-ring (bicyclic) bond motifs is 1. The molecule has 2 nitrogen and oxygen atoms in total. The van der Waals surface area contributed by atoms with E-state index in [1.54, 1.807) is 11.1 Å². The van der Waals surface area contributed by atoms with Crippen LogP contribution in [0.5, 0.6) is 0 Å². The largest absolute Gasteiger partial charge is 0.373 e. The number of aryl methyl sites for hydroxylation is 2. The fourth-order valence-corrected chi connectivity index (χ4v) is 3.63. The summed E-state index contributed by atoms with van der Waals surface area (Å²) in [7, 11) is 0. The minimum atomic E-state index is 0.344. The third-order valence-electron chi connectivity index (χ3n) is 4.73. The van der Waals surface area contributed by atoms with Crippen LogP contribution in [0.4, 0.5) is 0 Å². The summed E-state index contributed by atoms with van der Waals surface area (Å²) in [6.07, 6.45) is 8.15. The van der Waals surface area contributed by atoms with Gasteiger partial charge in [-0.25, -0.2) is 0 Å². The average Bonchev–Trinajstić information content (AvgIpc) is 3.07. The van der Waals surface area contributed by atoms with Gasteiger partial charge >= 0.3 is 0 Å². The van der Waals surface area contributed by atoms with E-state index >= 15 is 0 Å². The number of rotatable bonds is 5. The molecule has 1 aromatic carbocycles. The summed E-state index contributed by atoms with van der Waals surface area (Å²) in [5.41, 5.74) is 4.55. The second kappa shape index (κ2) is 6.28. The van der Waals surface area contributed by atoms with Crippen molar-refractivity contribution in [2.24, 2.45) is 0 Å². The van der Waals surface area contributed by atoms with Crippen molar-refractivity contribution in [2.75, 3.05) is 6.54 Å². The van der Waals surface area contributed by atoms with E-state index in [1.807, 2.05) is 0 Å². The van der Waals surface area contributed by atoms with Crippen LogP contribution in [0.1, 0.15) is 62.3 Å². The van der Waals surface area contributed by atoms with Crippen molar-refractivity contribution in [3.05, 3.63) is 34.9 Å². The molecule has 0 radical (unpaired) electrons. The van der Waals surface area contributed by atoms with Crippen molar-refractivity contribution in [3.8, 4) is 0 Å². The van der Waals surface area contributed by atoms with Gasteiger partial charge in [0, 0.05) is 0 Å². The lowest BCUT2D eigenvalue weighted by Gasteiger charge is -2.26. The second-order valence-corrected chi connectivity index (χ2v) is 6.38. The SMILES string of the molecule is CCCNC(c1ccc2c(c1)CCC2)C1CCC(C)O1. The van der Waals surface area contributed by atoms with E-state index < -0.39 is 0 Å². The molecule has 1 aromatic rings. The highest BCUT2D eigenvalue weighted by molar-refractivity contribution is 5.37. The summed E-state index contributed by atoms with van der Waals surface area (Å²) in [6.45, 7) is 5.49. The molecular formula is C18H27NO. The first-order valence-corrected chi connectivity index (χ1v) is 8.28. The third kappa shape index (κ3) is 2.91. The first kappa shape index (κ1) is 14.1. The molecule has 1 saturated heterocycles. The molecule has 1 aliphatic carbocycles. The zero-order valence-corrected chi connectivity index (χ0v) is 12.8. The Balaban J connectivity index is 1.80. The summed E-state index contributed by atoms with van der Waals surface area (Å²) < 4.78 is 6.13. The zero-order chi connectivity index (χ0) is 13.9. The maximum atomic E-state index is 6.13. The van der Waals surface area contributed by atoms with E-state index in [4.69, 9.17) is 4.74 Å². The standard InChI is InChI=1S/C18H27NO/c1-3-11-19-18(17-10-7-13(2)20-17)16-9-8-14-5-4-6-15(14)12-16/h8-9,12-13,17-19H,3-7,10-11H2,1-2H3. The van der Waals surface area contributed by atoms with Crippen LogP contribution < -0.4 is 5.32 Å². The molecule has 0 amide bonds. The normalized spacial score (nSPS) is 26.7. The van der Waals surface area contributed by atoms with Gasteiger partial charge in [-0.05, 0) is 68.7 Å². The first-order chi connectivity index (χ1) is 9.78. The number of hydrogen-bond donors (Lipinski definition) is 1. The van der Waals surface area contributed by atoms with Crippen LogP contribution in [0.15, 0.2) is 18.2 Å². The van der Waals surface area contributed by atoms with E-state index in [9.17, 15) is 0 Å². The monoisotopic (exact) mass is 273 g/mol. The molecule has 0 aromatic heterocycles. The fourth-order valence-electron chi connectivity index (χ4n) is 3.63. The van der Waals surface area contributed by atoms with Gasteiger partial charge in [-0.1, -0.05) is 25.1 Å². The zero-order valence-electron chi connectivity index (χ0n) is 12.8. The van der Waals surface area contributed by atoms with Gasteiger partial charge in [0.2, 0.25) is 0 Å². The molecule has 1 aliphatic heterocycles. The Labute approximate surface area is 122 Å². The second-order valence-electron chi connectivity index (χ2n) is 6.38. The van der Waals surface area contributed by atoms with Crippen molar-refractivity contribution in [1.29, 1.82) is 0 Å². The predicted octanol–water partition coefficient (Wildman–Crippen LogP) is 3.78. The van der Waals surface area contributed by atoms with E-state index in [1.165, 1.54) is 44.1 Å². The highest BCUT2D eigenvalue weighted by atomic mass is 16.5. The summed E-state index contributed by atoms with van der Waals surface area (Å²) in [5.74, 6) is 0. The molecule has 1 fully saturated rings. The van der Waals surface area contributed by atoms with Crippen LogP contribution in [0.25, 0.3) is 0 Å². The molecule has 2 aliphatic rings. The Morgan fingerprint density at radius 3 is 2.85 bits per heavy atom. The molecule has 3 unspecified atom stereocenters. The maximum absolute atomic E-state index is 6.13. The molecule has 110 valence electrons. The molecule has 1 heterocycles. The van der Waals surface area contributed by atoms with Crippen LogP contribution in [0.2, 0.25) is 0 Å². The van der Waals surface area contributed by atoms with Crippen LogP contribution in [-0.4, -0.2) is 18.8 Å². The predicted molar refractivity (Wildman–Crippen MR) is 83.1 cm³/mol. The van der Waals surface area contributed by atoms with Gasteiger partial charge in [0.1, 0.15) is 0 Å². The Kier molecular flexibility index (Phi) is 4.42. The highest BCUT2D eigenvalue weighted by Crippen LogP contribution is 2.32. The van der Waals surface area contributed by atoms with Gasteiger partial charge in [0.15, 0.2) is 0 Å². The van der Waals surface area contributed by atoms with Crippen LogP contribution >= 0.6 is 0 Å². The quantitative estimate of drug-likeness (QED) is 0.881. The van der Waals surface area contributed by atoms with Crippen molar-refractivity contribution >= 4 is 0 Å². The fraction of sp³-hybridized carbons (Fsp3) is 0.667. The number of nitrogens with one attached hydrogen (secondary N) is 1. The van der Waals surface area contributed by atoms with Crippen molar-refractivity contribution in [3.63, 3.8) is 0 Å². The Morgan fingerprint density at radius 2 is 2.10 bits per heavy atom. The minimum Gasteiger partial charge on any atom is -0.373 e. The van der Waals surface area contributed by atoms with Gasteiger partial charge in [-0.2, -0.15) is 0 Å². The smallest absolute Gasteiger partial charge is 0.0774 e. The maximum Gasteiger partial charge on any atom is 0.0774 e. The lowest BCUT2D eigenvalue weighted by molar-refractivity contribution is 0.0316. The molecule has 20 heavy (non-hydrogen) atoms. The molecular weight excluding hydrogens is 246 g/mol. The number of ether oxygens (including phenoxy) is 1. The van der Waals surface area contributed by atoms with E-state index in [0.717, 1.165) is 6.54 Å². The van der Waals surface area contributed by atoms with Gasteiger partial charge < -0.3 is 10.1 Å². The molecule has 0 spiro atoms. The molecule has 0 bridgehead atoms. The van der Waals surface area contributed by atoms with Gasteiger partial charge in [-0.15, -0.1) is 0 Å². The van der Waals surface area contributed by atoms with Crippen LogP contribution in [-0.2, 0) is 17.6 Å².